The zero-order valence-electron chi connectivity index (χ0n) is 15.6. The molecule has 0 aromatic carbocycles. The van der Waals surface area contributed by atoms with Gasteiger partial charge in [0.05, 0.1) is 5.56 Å². The van der Waals surface area contributed by atoms with E-state index in [2.05, 4.69) is 9.55 Å². The second kappa shape index (κ2) is 7.25. The number of anilines is 2. The Balaban J connectivity index is 1.73. The second-order valence-electron chi connectivity index (χ2n) is 7.02. The highest BCUT2D eigenvalue weighted by Crippen LogP contribution is 2.33. The van der Waals surface area contributed by atoms with Crippen molar-refractivity contribution >= 4 is 23.4 Å². The predicted molar refractivity (Wildman–Crippen MR) is 98.5 cm³/mol. The van der Waals surface area contributed by atoms with Gasteiger partial charge in [0.2, 0.25) is 0 Å². The molecule has 2 aromatic heterocycles. The van der Waals surface area contributed by atoms with Gasteiger partial charge in [-0.2, -0.15) is 0 Å². The van der Waals surface area contributed by atoms with E-state index in [1.165, 1.54) is 35.3 Å². The maximum absolute atomic E-state index is 13.2. The quantitative estimate of drug-likeness (QED) is 0.612. The topological polar surface area (TPSA) is 108 Å². The fraction of sp³-hybridized carbons (Fsp3) is 0.421. The van der Waals surface area contributed by atoms with Gasteiger partial charge in [-0.15, -0.1) is 5.23 Å². The lowest BCUT2D eigenvalue weighted by molar-refractivity contribution is -0.142. The van der Waals surface area contributed by atoms with Gasteiger partial charge < -0.3 is 9.30 Å². The van der Waals surface area contributed by atoms with Gasteiger partial charge in [-0.3, -0.25) is 24.9 Å². The summed E-state index contributed by atoms with van der Waals surface area (Å²) in [5.41, 5.74) is 3.34. The molecule has 0 saturated heterocycles. The van der Waals surface area contributed by atoms with E-state index >= 15 is 0 Å². The Bertz CT molecular complexity index is 937. The summed E-state index contributed by atoms with van der Waals surface area (Å²) in [6.07, 6.45) is 5.62. The van der Waals surface area contributed by atoms with Crippen molar-refractivity contribution in [1.29, 1.82) is 0 Å². The van der Waals surface area contributed by atoms with Crippen LogP contribution in [0.3, 0.4) is 0 Å². The Morgan fingerprint density at radius 1 is 1.29 bits per heavy atom. The smallest absolute Gasteiger partial charge is 0.302 e. The van der Waals surface area contributed by atoms with Crippen molar-refractivity contribution in [3.63, 3.8) is 0 Å². The molecule has 0 bridgehead atoms. The third-order valence-corrected chi connectivity index (χ3v) is 5.32. The van der Waals surface area contributed by atoms with Crippen molar-refractivity contribution < 1.29 is 24.7 Å². The summed E-state index contributed by atoms with van der Waals surface area (Å²) in [4.78, 5) is 30.3. The van der Waals surface area contributed by atoms with Crippen LogP contribution >= 0.6 is 0 Å². The average molecular weight is 386 g/mol. The first-order valence-electron chi connectivity index (χ1n) is 9.29. The van der Waals surface area contributed by atoms with Gasteiger partial charge in [-0.1, -0.05) is 0 Å². The zero-order valence-corrected chi connectivity index (χ0v) is 15.6. The number of aryl methyl sites for hydroxylation is 1. The summed E-state index contributed by atoms with van der Waals surface area (Å²) in [6, 6.07) is 3.33. The van der Waals surface area contributed by atoms with E-state index in [0.29, 0.717) is 18.8 Å². The van der Waals surface area contributed by atoms with Crippen molar-refractivity contribution in [2.75, 3.05) is 16.7 Å². The molecule has 0 unspecified atom stereocenters. The molecule has 0 atom stereocenters. The normalized spacial score (nSPS) is 15.8. The molecule has 9 nitrogen and oxygen atoms in total. The van der Waals surface area contributed by atoms with Gasteiger partial charge >= 0.3 is 5.97 Å². The first-order valence-corrected chi connectivity index (χ1v) is 9.29. The molecule has 28 heavy (non-hydrogen) atoms. The van der Waals surface area contributed by atoms with Crippen molar-refractivity contribution in [2.45, 2.75) is 45.8 Å². The molecule has 0 saturated carbocycles. The Morgan fingerprint density at radius 3 is 2.82 bits per heavy atom. The van der Waals surface area contributed by atoms with Gasteiger partial charge in [-0.05, 0) is 43.4 Å². The van der Waals surface area contributed by atoms with Crippen LogP contribution in [0.25, 0.3) is 0 Å². The third kappa shape index (κ3) is 3.12. The highest BCUT2D eigenvalue weighted by molar-refractivity contribution is 6.06. The van der Waals surface area contributed by atoms with E-state index in [1.54, 1.807) is 0 Å². The number of amides is 1. The minimum Gasteiger partial charge on any atom is -0.461 e. The fourth-order valence-electron chi connectivity index (χ4n) is 4.04. The van der Waals surface area contributed by atoms with E-state index in [4.69, 9.17) is 4.74 Å². The molecule has 1 amide bonds. The molecule has 2 N–H and O–H groups in total. The van der Waals surface area contributed by atoms with Gasteiger partial charge in [0.1, 0.15) is 23.8 Å². The monoisotopic (exact) mass is 386 g/mol. The molecule has 2 aliphatic rings. The molecular formula is C19H22N4O5. The molecule has 4 rings (SSSR count). The molecular weight excluding hydrogens is 364 g/mol. The van der Waals surface area contributed by atoms with E-state index < -0.39 is 5.97 Å². The summed E-state index contributed by atoms with van der Waals surface area (Å²) in [7, 11) is 0. The maximum Gasteiger partial charge on any atom is 0.302 e. The number of hydrogen-bond donors (Lipinski definition) is 2. The lowest BCUT2D eigenvalue weighted by atomic mass is 9.98. The minimum atomic E-state index is -0.519. The highest BCUT2D eigenvalue weighted by Gasteiger charge is 2.32. The molecule has 2 aromatic rings. The largest absolute Gasteiger partial charge is 0.461 e. The number of hydrogen-bond acceptors (Lipinski definition) is 7. The Hall–Kier alpha value is -2.91. The summed E-state index contributed by atoms with van der Waals surface area (Å²) in [5.74, 6) is -0.464. The molecule has 3 heterocycles. The van der Waals surface area contributed by atoms with Crippen molar-refractivity contribution in [3.05, 3.63) is 40.8 Å². The first kappa shape index (κ1) is 18.5. The zero-order chi connectivity index (χ0) is 19.8. The number of rotatable bonds is 4. The molecule has 1 aliphatic heterocycles. The lowest BCUT2D eigenvalue weighted by Crippen LogP contribution is -2.41. The summed E-state index contributed by atoms with van der Waals surface area (Å²) in [5, 5.41) is 19.0. The third-order valence-electron chi connectivity index (χ3n) is 5.32. The number of nitrogens with zero attached hydrogens (tertiary/aromatic N) is 4. The van der Waals surface area contributed by atoms with Crippen LogP contribution in [0, 0.1) is 0 Å². The van der Waals surface area contributed by atoms with Crippen LogP contribution in [0.4, 0.5) is 11.5 Å². The minimum absolute atomic E-state index is 0.000648. The van der Waals surface area contributed by atoms with Crippen molar-refractivity contribution in [2.24, 2.45) is 0 Å². The van der Waals surface area contributed by atoms with Gasteiger partial charge in [-0.25, -0.2) is 4.98 Å². The molecule has 9 heteroatoms. The molecule has 0 fully saturated rings. The summed E-state index contributed by atoms with van der Waals surface area (Å²) in [6.45, 7) is 2.06. The van der Waals surface area contributed by atoms with Crippen LogP contribution in [-0.4, -0.2) is 38.4 Å². The van der Waals surface area contributed by atoms with Crippen molar-refractivity contribution in [1.82, 2.24) is 9.55 Å². The van der Waals surface area contributed by atoms with Gasteiger partial charge in [0.25, 0.3) is 5.91 Å². The molecule has 1 aliphatic carbocycles. The van der Waals surface area contributed by atoms with Gasteiger partial charge in [0, 0.05) is 31.9 Å². The van der Waals surface area contributed by atoms with Crippen molar-refractivity contribution in [3.8, 4) is 0 Å². The average Bonchev–Trinajstić information content (AvgIpc) is 3.06. The number of carbonyl (C=O) groups excluding carboxylic acids is 2. The SMILES string of the molecule is CC(=O)OCc1c(N(O)O)ccnc1N1CCn2c(cc3c2CCCC3)C1=O. The van der Waals surface area contributed by atoms with Crippen LogP contribution in [0.1, 0.15) is 47.1 Å². The standard InChI is InChI=1S/C19H22N4O5/c1-12(24)28-11-14-16(23(26)27)6-7-20-18(14)22-9-8-21-15-5-3-2-4-13(15)10-17(21)19(22)25/h6-7,10,26-27H,2-5,8-9,11H2,1H3. The van der Waals surface area contributed by atoms with Crippen LogP contribution in [-0.2, 0) is 35.5 Å². The number of carbonyl (C=O) groups is 2. The van der Waals surface area contributed by atoms with Crippen LogP contribution in [0.2, 0.25) is 0 Å². The maximum atomic E-state index is 13.2. The first-order chi connectivity index (χ1) is 13.5. The Labute approximate surface area is 161 Å². The molecule has 148 valence electrons. The van der Waals surface area contributed by atoms with Gasteiger partial charge in [0.15, 0.2) is 0 Å². The number of esters is 1. The van der Waals surface area contributed by atoms with Crippen LogP contribution < -0.4 is 10.1 Å². The molecule has 0 radical (unpaired) electrons. The predicted octanol–water partition coefficient (Wildman–Crippen LogP) is 2.07. The molecule has 0 spiro atoms. The number of fused-ring (bicyclic) bond motifs is 3. The number of pyridine rings is 1. The van der Waals surface area contributed by atoms with Crippen LogP contribution in [0.5, 0.6) is 0 Å². The number of aromatic nitrogens is 2. The Kier molecular flexibility index (Phi) is 4.78. The van der Waals surface area contributed by atoms with E-state index in [9.17, 15) is 20.0 Å². The van der Waals surface area contributed by atoms with E-state index in [-0.39, 0.29) is 34.8 Å². The second-order valence-corrected chi connectivity index (χ2v) is 7.02. The van der Waals surface area contributed by atoms with Crippen LogP contribution in [0.15, 0.2) is 18.3 Å². The fourth-order valence-corrected chi connectivity index (χ4v) is 4.04. The highest BCUT2D eigenvalue weighted by atomic mass is 16.8. The Morgan fingerprint density at radius 2 is 2.07 bits per heavy atom. The van der Waals surface area contributed by atoms with E-state index in [1.807, 2.05) is 6.07 Å². The number of ether oxygens (including phenoxy) is 1. The lowest BCUT2D eigenvalue weighted by Gasteiger charge is -2.31. The van der Waals surface area contributed by atoms with E-state index in [0.717, 1.165) is 25.7 Å². The summed E-state index contributed by atoms with van der Waals surface area (Å²) >= 11 is 0. The summed E-state index contributed by atoms with van der Waals surface area (Å²) < 4.78 is 7.14.